The van der Waals surface area contributed by atoms with E-state index in [-0.39, 0.29) is 11.3 Å². The number of nitrogens with one attached hydrogen (secondary N) is 1. The van der Waals surface area contributed by atoms with E-state index in [1.54, 1.807) is 13.0 Å². The molecular weight excluding hydrogens is 400 g/mol. The fourth-order valence-corrected chi connectivity index (χ4v) is 3.29. The van der Waals surface area contributed by atoms with Gasteiger partial charge >= 0.3 is 11.7 Å². The minimum atomic E-state index is -1.42. The number of hydrogen-bond donors (Lipinski definition) is 3. The van der Waals surface area contributed by atoms with E-state index in [4.69, 9.17) is 18.9 Å². The number of nitrogens with zero attached hydrogens (tertiary/aromatic N) is 1. The van der Waals surface area contributed by atoms with Crippen LogP contribution in [0.5, 0.6) is 11.5 Å². The number of H-pyrrole nitrogens is 1. The normalized spacial score (nSPS) is 23.2. The molecule has 0 amide bonds. The van der Waals surface area contributed by atoms with Crippen LogP contribution in [0.25, 0.3) is 0 Å². The van der Waals surface area contributed by atoms with E-state index in [2.05, 4.69) is 4.98 Å². The molecule has 1 aromatic carbocycles. The van der Waals surface area contributed by atoms with Crippen molar-refractivity contribution in [2.24, 2.45) is 0 Å². The third-order valence-electron chi connectivity index (χ3n) is 4.79. The van der Waals surface area contributed by atoms with E-state index >= 15 is 0 Å². The third kappa shape index (κ3) is 3.95. The molecule has 1 fully saturated rings. The number of hydrogen-bond acceptors (Lipinski definition) is 9. The summed E-state index contributed by atoms with van der Waals surface area (Å²) in [6.07, 6.45) is -3.99. The molecule has 4 atom stereocenters. The molecule has 3 rings (SSSR count). The zero-order chi connectivity index (χ0) is 22.0. The Hall–Kier alpha value is -3.15. The number of aryl methyl sites for hydroxylation is 1. The van der Waals surface area contributed by atoms with Gasteiger partial charge in [0.15, 0.2) is 12.3 Å². The summed E-state index contributed by atoms with van der Waals surface area (Å²) in [5.41, 5.74) is -0.843. The van der Waals surface area contributed by atoms with Crippen molar-refractivity contribution >= 4 is 5.97 Å². The predicted molar refractivity (Wildman–Crippen MR) is 102 cm³/mol. The van der Waals surface area contributed by atoms with Crippen molar-refractivity contribution in [3.05, 3.63) is 56.4 Å². The van der Waals surface area contributed by atoms with Crippen LogP contribution in [0.2, 0.25) is 0 Å². The van der Waals surface area contributed by atoms with Crippen molar-refractivity contribution in [3.63, 3.8) is 0 Å². The van der Waals surface area contributed by atoms with Crippen LogP contribution >= 0.6 is 0 Å². The van der Waals surface area contributed by atoms with Gasteiger partial charge in [-0.15, -0.1) is 0 Å². The second-order valence-electron chi connectivity index (χ2n) is 6.65. The summed E-state index contributed by atoms with van der Waals surface area (Å²) in [5, 5.41) is 20.0. The number of aliphatic hydroxyl groups is 2. The molecule has 4 unspecified atom stereocenters. The van der Waals surface area contributed by atoms with Crippen molar-refractivity contribution < 1.29 is 34.0 Å². The summed E-state index contributed by atoms with van der Waals surface area (Å²) >= 11 is 0. The maximum Gasteiger partial charge on any atom is 0.342 e. The molecular formula is C19H22N2O9. The number of rotatable bonds is 6. The van der Waals surface area contributed by atoms with E-state index < -0.39 is 48.4 Å². The van der Waals surface area contributed by atoms with Crippen molar-refractivity contribution in [2.45, 2.75) is 31.5 Å². The second kappa shape index (κ2) is 8.69. The molecule has 1 aromatic heterocycles. The average molecular weight is 422 g/mol. The summed E-state index contributed by atoms with van der Waals surface area (Å²) in [5.74, 6) is -0.161. The molecule has 2 aromatic rings. The summed E-state index contributed by atoms with van der Waals surface area (Å²) in [4.78, 5) is 38.5. The average Bonchev–Trinajstić information content (AvgIpc) is 3.02. The number of methoxy groups -OCH3 is 2. The first kappa shape index (κ1) is 21.6. The SMILES string of the molecule is COc1cc(C)c(C(=O)OC2C(O)C(CO)OC2n2ccc(=O)[nH]c2=O)c(OC)c1. The lowest BCUT2D eigenvalue weighted by Crippen LogP contribution is -2.40. The number of esters is 1. The molecule has 1 saturated heterocycles. The van der Waals surface area contributed by atoms with E-state index in [1.807, 2.05) is 0 Å². The highest BCUT2D eigenvalue weighted by atomic mass is 16.6. The fraction of sp³-hybridized carbons (Fsp3) is 0.421. The topological polar surface area (TPSA) is 149 Å². The Morgan fingerprint density at radius 3 is 2.60 bits per heavy atom. The second-order valence-corrected chi connectivity index (χ2v) is 6.65. The number of benzene rings is 1. The monoisotopic (exact) mass is 422 g/mol. The quantitative estimate of drug-likeness (QED) is 0.516. The van der Waals surface area contributed by atoms with Gasteiger partial charge in [0, 0.05) is 18.3 Å². The van der Waals surface area contributed by atoms with Crippen LogP contribution in [0.1, 0.15) is 22.1 Å². The molecule has 2 heterocycles. The highest BCUT2D eigenvalue weighted by molar-refractivity contribution is 5.94. The van der Waals surface area contributed by atoms with Gasteiger partial charge < -0.3 is 29.2 Å². The Morgan fingerprint density at radius 2 is 2.00 bits per heavy atom. The lowest BCUT2D eigenvalue weighted by Gasteiger charge is -2.23. The van der Waals surface area contributed by atoms with Crippen molar-refractivity contribution in [1.29, 1.82) is 0 Å². The highest BCUT2D eigenvalue weighted by Gasteiger charge is 2.47. The fourth-order valence-electron chi connectivity index (χ4n) is 3.29. The van der Waals surface area contributed by atoms with Crippen LogP contribution in [0, 0.1) is 6.92 Å². The van der Waals surface area contributed by atoms with Gasteiger partial charge in [-0.1, -0.05) is 0 Å². The predicted octanol–water partition coefficient (Wildman–Crippen LogP) is -0.662. The summed E-state index contributed by atoms with van der Waals surface area (Å²) in [7, 11) is 2.85. The zero-order valence-corrected chi connectivity index (χ0v) is 16.5. The zero-order valence-electron chi connectivity index (χ0n) is 16.5. The minimum Gasteiger partial charge on any atom is -0.497 e. The lowest BCUT2D eigenvalue weighted by atomic mass is 10.1. The number of aromatic nitrogens is 2. The minimum absolute atomic E-state index is 0.102. The number of carbonyl (C=O) groups excluding carboxylic acids is 1. The molecule has 0 aliphatic carbocycles. The molecule has 3 N–H and O–H groups in total. The Bertz CT molecular complexity index is 1050. The first-order valence-corrected chi connectivity index (χ1v) is 9.00. The van der Waals surface area contributed by atoms with Gasteiger partial charge in [0.05, 0.1) is 20.8 Å². The van der Waals surface area contributed by atoms with Crippen LogP contribution in [-0.4, -0.2) is 64.9 Å². The Balaban J connectivity index is 1.97. The molecule has 0 spiro atoms. The van der Waals surface area contributed by atoms with Gasteiger partial charge in [0.1, 0.15) is 29.3 Å². The molecule has 0 bridgehead atoms. The Kier molecular flexibility index (Phi) is 6.25. The summed E-state index contributed by atoms with van der Waals surface area (Å²) in [6.45, 7) is 1.08. The van der Waals surface area contributed by atoms with Crippen molar-refractivity contribution in [3.8, 4) is 11.5 Å². The van der Waals surface area contributed by atoms with E-state index in [1.165, 1.54) is 20.3 Å². The van der Waals surface area contributed by atoms with Crippen molar-refractivity contribution in [1.82, 2.24) is 9.55 Å². The maximum absolute atomic E-state index is 12.9. The largest absolute Gasteiger partial charge is 0.497 e. The van der Waals surface area contributed by atoms with Gasteiger partial charge in [-0.05, 0) is 18.6 Å². The molecule has 11 nitrogen and oxygen atoms in total. The Labute approximate surface area is 170 Å². The van der Waals surface area contributed by atoms with Crippen LogP contribution in [0.4, 0.5) is 0 Å². The molecule has 0 saturated carbocycles. The number of aromatic amines is 1. The van der Waals surface area contributed by atoms with Crippen LogP contribution in [0.15, 0.2) is 34.0 Å². The van der Waals surface area contributed by atoms with Gasteiger partial charge in [-0.3, -0.25) is 14.3 Å². The molecule has 162 valence electrons. The van der Waals surface area contributed by atoms with Gasteiger partial charge in [0.25, 0.3) is 5.56 Å². The molecule has 30 heavy (non-hydrogen) atoms. The van der Waals surface area contributed by atoms with Gasteiger partial charge in [-0.2, -0.15) is 0 Å². The van der Waals surface area contributed by atoms with Gasteiger partial charge in [-0.25, -0.2) is 9.59 Å². The van der Waals surface area contributed by atoms with Gasteiger partial charge in [0.2, 0.25) is 0 Å². The smallest absolute Gasteiger partial charge is 0.342 e. The first-order valence-electron chi connectivity index (χ1n) is 9.00. The summed E-state index contributed by atoms with van der Waals surface area (Å²) in [6, 6.07) is 4.20. The highest BCUT2D eigenvalue weighted by Crippen LogP contribution is 2.34. The van der Waals surface area contributed by atoms with E-state index in [9.17, 15) is 24.6 Å². The van der Waals surface area contributed by atoms with E-state index in [0.29, 0.717) is 11.3 Å². The standard InChI is InChI=1S/C19H22N2O9/c1-9-6-10(27-2)7-11(28-3)14(9)18(25)30-16-15(24)12(8-22)29-17(16)21-5-4-13(23)20-19(21)26/h4-7,12,15-17,22,24H,8H2,1-3H3,(H,20,23,26). The summed E-state index contributed by atoms with van der Waals surface area (Å²) < 4.78 is 22.4. The molecule has 1 aliphatic rings. The van der Waals surface area contributed by atoms with Crippen LogP contribution in [0.3, 0.4) is 0 Å². The lowest BCUT2D eigenvalue weighted by molar-refractivity contribution is -0.0604. The number of carbonyl (C=O) groups is 1. The number of ether oxygens (including phenoxy) is 4. The Morgan fingerprint density at radius 1 is 1.27 bits per heavy atom. The van der Waals surface area contributed by atoms with Crippen LogP contribution in [-0.2, 0) is 9.47 Å². The van der Waals surface area contributed by atoms with Crippen LogP contribution < -0.4 is 20.7 Å². The third-order valence-corrected chi connectivity index (χ3v) is 4.79. The van der Waals surface area contributed by atoms with Crippen molar-refractivity contribution in [2.75, 3.05) is 20.8 Å². The van der Waals surface area contributed by atoms with E-state index in [0.717, 1.165) is 16.8 Å². The molecule has 11 heteroatoms. The molecule has 1 aliphatic heterocycles. The first-order chi connectivity index (χ1) is 14.3. The maximum atomic E-state index is 12.9. The molecule has 0 radical (unpaired) electrons. The number of aliphatic hydroxyl groups excluding tert-OH is 2.